The van der Waals surface area contributed by atoms with Gasteiger partial charge >= 0.3 is 0 Å². The maximum atomic E-state index is 5.47. The Hall–Kier alpha value is -1.26. The predicted molar refractivity (Wildman–Crippen MR) is 79.1 cm³/mol. The number of methoxy groups -OCH3 is 2. The fraction of sp³-hybridized carbons (Fsp3) is 0.600. The molecule has 4 heteroatoms. The molecule has 1 rings (SSSR count). The molecule has 0 bridgehead atoms. The highest BCUT2D eigenvalue weighted by atomic mass is 16.5. The first-order valence-corrected chi connectivity index (χ1v) is 6.72. The number of nitrogens with zero attached hydrogens (tertiary/aromatic N) is 1. The summed E-state index contributed by atoms with van der Waals surface area (Å²) in [5, 5.41) is 3.52. The lowest BCUT2D eigenvalue weighted by atomic mass is 10.0. The second-order valence-electron chi connectivity index (χ2n) is 4.81. The molecule has 0 radical (unpaired) electrons. The van der Waals surface area contributed by atoms with E-state index in [1.165, 1.54) is 0 Å². The first kappa shape index (κ1) is 15.8. The standard InChI is InChI=1S/C15H26N2O2/c1-6-16-14(9-10-17(2)3)13-11-12(18-4)7-8-15(13)19-5/h7-8,11,14,16H,6,9-10H2,1-5H3. The fourth-order valence-electron chi connectivity index (χ4n) is 2.11. The highest BCUT2D eigenvalue weighted by Crippen LogP contribution is 2.31. The van der Waals surface area contributed by atoms with Crippen LogP contribution in [0, 0.1) is 0 Å². The van der Waals surface area contributed by atoms with Crippen molar-refractivity contribution in [1.82, 2.24) is 10.2 Å². The van der Waals surface area contributed by atoms with Crippen molar-refractivity contribution >= 4 is 0 Å². The van der Waals surface area contributed by atoms with Crippen LogP contribution in [0.1, 0.15) is 24.9 Å². The molecule has 1 unspecified atom stereocenters. The van der Waals surface area contributed by atoms with E-state index >= 15 is 0 Å². The van der Waals surface area contributed by atoms with Gasteiger partial charge in [0.2, 0.25) is 0 Å². The van der Waals surface area contributed by atoms with Crippen LogP contribution < -0.4 is 14.8 Å². The van der Waals surface area contributed by atoms with Gasteiger partial charge in [0.1, 0.15) is 11.5 Å². The lowest BCUT2D eigenvalue weighted by molar-refractivity contribution is 0.350. The molecular formula is C15H26N2O2. The van der Waals surface area contributed by atoms with E-state index in [1.807, 2.05) is 12.1 Å². The van der Waals surface area contributed by atoms with Crippen LogP contribution >= 0.6 is 0 Å². The van der Waals surface area contributed by atoms with Crippen molar-refractivity contribution in [2.24, 2.45) is 0 Å². The van der Waals surface area contributed by atoms with Gasteiger partial charge in [0.05, 0.1) is 14.2 Å². The van der Waals surface area contributed by atoms with Gasteiger partial charge in [0.25, 0.3) is 0 Å². The summed E-state index contributed by atoms with van der Waals surface area (Å²) in [4.78, 5) is 2.19. The third-order valence-corrected chi connectivity index (χ3v) is 3.13. The van der Waals surface area contributed by atoms with Crippen LogP contribution in [0.25, 0.3) is 0 Å². The van der Waals surface area contributed by atoms with Crippen molar-refractivity contribution in [2.45, 2.75) is 19.4 Å². The zero-order chi connectivity index (χ0) is 14.3. The minimum absolute atomic E-state index is 0.275. The molecule has 19 heavy (non-hydrogen) atoms. The molecule has 0 heterocycles. The van der Waals surface area contributed by atoms with Gasteiger partial charge in [0, 0.05) is 11.6 Å². The first-order chi connectivity index (χ1) is 9.12. The Morgan fingerprint density at radius 1 is 1.21 bits per heavy atom. The number of rotatable bonds is 8. The van der Waals surface area contributed by atoms with Gasteiger partial charge in [0.15, 0.2) is 0 Å². The van der Waals surface area contributed by atoms with Crippen molar-refractivity contribution in [3.8, 4) is 11.5 Å². The van der Waals surface area contributed by atoms with Crippen LogP contribution in [-0.2, 0) is 0 Å². The molecule has 0 aliphatic heterocycles. The maximum absolute atomic E-state index is 5.47. The van der Waals surface area contributed by atoms with Crippen LogP contribution in [0.5, 0.6) is 11.5 Å². The number of benzene rings is 1. The molecule has 1 atom stereocenters. The maximum Gasteiger partial charge on any atom is 0.123 e. The number of ether oxygens (including phenoxy) is 2. The van der Waals surface area contributed by atoms with Gasteiger partial charge < -0.3 is 19.7 Å². The third-order valence-electron chi connectivity index (χ3n) is 3.13. The summed E-state index contributed by atoms with van der Waals surface area (Å²) in [6.07, 6.45) is 1.03. The monoisotopic (exact) mass is 266 g/mol. The molecule has 0 saturated carbocycles. The summed E-state index contributed by atoms with van der Waals surface area (Å²) >= 11 is 0. The van der Waals surface area contributed by atoms with Gasteiger partial charge in [-0.3, -0.25) is 0 Å². The predicted octanol–water partition coefficient (Wildman–Crippen LogP) is 2.31. The summed E-state index contributed by atoms with van der Waals surface area (Å²) in [6, 6.07) is 6.23. The Morgan fingerprint density at radius 2 is 1.95 bits per heavy atom. The molecule has 0 spiro atoms. The molecular weight excluding hydrogens is 240 g/mol. The van der Waals surface area contributed by atoms with Gasteiger partial charge in [-0.1, -0.05) is 6.92 Å². The molecule has 108 valence electrons. The van der Waals surface area contributed by atoms with Crippen LogP contribution in [0.4, 0.5) is 0 Å². The normalized spacial score (nSPS) is 12.5. The molecule has 0 aliphatic carbocycles. The van der Waals surface area contributed by atoms with Crippen molar-refractivity contribution in [3.63, 3.8) is 0 Å². The van der Waals surface area contributed by atoms with E-state index in [0.29, 0.717) is 0 Å². The summed E-state index contributed by atoms with van der Waals surface area (Å²) in [7, 11) is 7.57. The Bertz CT molecular complexity index is 380. The van der Waals surface area contributed by atoms with E-state index < -0.39 is 0 Å². The zero-order valence-corrected chi connectivity index (χ0v) is 12.7. The first-order valence-electron chi connectivity index (χ1n) is 6.72. The van der Waals surface area contributed by atoms with E-state index in [9.17, 15) is 0 Å². The Labute approximate surface area is 116 Å². The highest BCUT2D eigenvalue weighted by molar-refractivity contribution is 5.42. The smallest absolute Gasteiger partial charge is 0.123 e. The Balaban J connectivity index is 2.97. The van der Waals surface area contributed by atoms with E-state index in [4.69, 9.17) is 9.47 Å². The zero-order valence-electron chi connectivity index (χ0n) is 12.7. The number of hydrogen-bond acceptors (Lipinski definition) is 4. The fourth-order valence-corrected chi connectivity index (χ4v) is 2.11. The van der Waals surface area contributed by atoms with Crippen LogP contribution in [0.2, 0.25) is 0 Å². The van der Waals surface area contributed by atoms with Crippen LogP contribution in [0.3, 0.4) is 0 Å². The Kier molecular flexibility index (Phi) is 6.67. The van der Waals surface area contributed by atoms with E-state index in [1.54, 1.807) is 14.2 Å². The Morgan fingerprint density at radius 3 is 2.47 bits per heavy atom. The van der Waals surface area contributed by atoms with Gasteiger partial charge in [-0.15, -0.1) is 0 Å². The molecule has 1 N–H and O–H groups in total. The molecule has 1 aromatic rings. The average molecular weight is 266 g/mol. The summed E-state index contributed by atoms with van der Waals surface area (Å²) in [5.74, 6) is 1.77. The van der Waals surface area contributed by atoms with Crippen molar-refractivity contribution in [3.05, 3.63) is 23.8 Å². The summed E-state index contributed by atoms with van der Waals surface area (Å²) in [5.41, 5.74) is 1.16. The number of hydrogen-bond donors (Lipinski definition) is 1. The summed E-state index contributed by atoms with van der Waals surface area (Å²) < 4.78 is 10.8. The molecule has 0 aliphatic rings. The highest BCUT2D eigenvalue weighted by Gasteiger charge is 2.16. The van der Waals surface area contributed by atoms with Gasteiger partial charge in [-0.05, 0) is 51.8 Å². The second-order valence-corrected chi connectivity index (χ2v) is 4.81. The SMILES string of the molecule is CCNC(CCN(C)C)c1cc(OC)ccc1OC. The molecule has 0 saturated heterocycles. The topological polar surface area (TPSA) is 33.7 Å². The van der Waals surface area contributed by atoms with Crippen LogP contribution in [0.15, 0.2) is 18.2 Å². The lowest BCUT2D eigenvalue weighted by Crippen LogP contribution is -2.26. The number of nitrogens with one attached hydrogen (secondary N) is 1. The van der Waals surface area contributed by atoms with E-state index in [-0.39, 0.29) is 6.04 Å². The van der Waals surface area contributed by atoms with E-state index in [0.717, 1.165) is 36.6 Å². The van der Waals surface area contributed by atoms with Gasteiger partial charge in [-0.25, -0.2) is 0 Å². The molecule has 0 amide bonds. The molecule has 0 fully saturated rings. The van der Waals surface area contributed by atoms with E-state index in [2.05, 4.69) is 37.3 Å². The quantitative estimate of drug-likeness (QED) is 0.783. The lowest BCUT2D eigenvalue weighted by Gasteiger charge is -2.23. The second kappa shape index (κ2) is 8.02. The molecule has 1 aromatic carbocycles. The minimum atomic E-state index is 0.275. The third kappa shape index (κ3) is 4.73. The van der Waals surface area contributed by atoms with Crippen LogP contribution in [-0.4, -0.2) is 46.3 Å². The molecule has 4 nitrogen and oxygen atoms in total. The van der Waals surface area contributed by atoms with Crippen molar-refractivity contribution < 1.29 is 9.47 Å². The van der Waals surface area contributed by atoms with Crippen molar-refractivity contribution in [2.75, 3.05) is 41.4 Å². The van der Waals surface area contributed by atoms with Crippen molar-refractivity contribution in [1.29, 1.82) is 0 Å². The minimum Gasteiger partial charge on any atom is -0.497 e. The largest absolute Gasteiger partial charge is 0.497 e. The molecule has 0 aromatic heterocycles. The summed E-state index contributed by atoms with van der Waals surface area (Å²) in [6.45, 7) is 4.08. The average Bonchev–Trinajstić information content (AvgIpc) is 2.42. The van der Waals surface area contributed by atoms with Gasteiger partial charge in [-0.2, -0.15) is 0 Å².